The van der Waals surface area contributed by atoms with Gasteiger partial charge in [-0.25, -0.2) is 17.5 Å². The number of benzene rings is 1. The number of Topliss-reactive ketones (excluding diaryl/α,β-unsaturated/α-hetero) is 1. The molecule has 0 bridgehead atoms. The van der Waals surface area contributed by atoms with Crippen LogP contribution in [0, 0.1) is 11.8 Å². The highest BCUT2D eigenvalue weighted by atomic mass is 32.2. The fraction of sp³-hybridized carbons (Fsp3) is 0.350. The van der Waals surface area contributed by atoms with E-state index in [4.69, 9.17) is 4.74 Å². The van der Waals surface area contributed by atoms with E-state index in [-0.39, 0.29) is 29.3 Å². The Hall–Kier alpha value is -2.52. The van der Waals surface area contributed by atoms with Gasteiger partial charge < -0.3 is 4.74 Å². The first-order chi connectivity index (χ1) is 13.8. The van der Waals surface area contributed by atoms with Crippen molar-refractivity contribution in [2.75, 3.05) is 6.61 Å². The van der Waals surface area contributed by atoms with Gasteiger partial charge in [-0.05, 0) is 30.9 Å². The van der Waals surface area contributed by atoms with E-state index in [0.717, 1.165) is 0 Å². The lowest BCUT2D eigenvalue weighted by atomic mass is 9.68. The van der Waals surface area contributed by atoms with Crippen LogP contribution in [0.5, 0.6) is 0 Å². The molecule has 0 unspecified atom stereocenters. The van der Waals surface area contributed by atoms with Crippen molar-refractivity contribution in [2.45, 2.75) is 30.7 Å². The minimum Gasteiger partial charge on any atom is -0.464 e. The van der Waals surface area contributed by atoms with Gasteiger partial charge in [0.05, 0.1) is 22.3 Å². The smallest absolute Gasteiger partial charge is 0.338 e. The number of ether oxygens (including phenoxy) is 1. The van der Waals surface area contributed by atoms with E-state index in [2.05, 4.69) is 0 Å². The predicted molar refractivity (Wildman–Crippen MR) is 105 cm³/mol. The molecule has 3 atom stereocenters. The second-order valence-corrected chi connectivity index (χ2v) is 9.82. The fourth-order valence-corrected chi connectivity index (χ4v) is 7.08. The first kappa shape index (κ1) is 19.8. The summed E-state index contributed by atoms with van der Waals surface area (Å²) in [5, 5.41) is 1.73. The summed E-state index contributed by atoms with van der Waals surface area (Å²) in [6, 6.07) is 9.30. The number of fused-ring (bicyclic) bond motifs is 3. The van der Waals surface area contributed by atoms with Gasteiger partial charge in [0.15, 0.2) is 11.3 Å². The van der Waals surface area contributed by atoms with Crippen LogP contribution in [0.4, 0.5) is 0 Å². The maximum atomic E-state index is 13.5. The third-order valence-electron chi connectivity index (χ3n) is 5.52. The lowest BCUT2D eigenvalue weighted by molar-refractivity contribution is -0.167. The zero-order valence-corrected chi connectivity index (χ0v) is 17.5. The number of carbonyl (C=O) groups is 3. The molecule has 0 N–H and O–H groups in total. The first-order valence-electron chi connectivity index (χ1n) is 9.21. The Balaban J connectivity index is 2.06. The number of hydrogen-bond acceptors (Lipinski definition) is 7. The highest BCUT2D eigenvalue weighted by Gasteiger charge is 2.69. The van der Waals surface area contributed by atoms with Gasteiger partial charge >= 0.3 is 5.97 Å². The molecule has 7 nitrogen and oxygen atoms in total. The van der Waals surface area contributed by atoms with Crippen molar-refractivity contribution in [3.05, 3.63) is 52.2 Å². The summed E-state index contributed by atoms with van der Waals surface area (Å²) in [4.78, 5) is 40.2. The highest BCUT2D eigenvalue weighted by molar-refractivity contribution is 7.90. The van der Waals surface area contributed by atoms with Gasteiger partial charge in [-0.1, -0.05) is 31.2 Å². The van der Waals surface area contributed by atoms with E-state index in [9.17, 15) is 22.8 Å². The zero-order valence-electron chi connectivity index (χ0n) is 15.8. The number of nitrogens with zero attached hydrogens (tertiary/aromatic N) is 1. The summed E-state index contributed by atoms with van der Waals surface area (Å²) in [6.45, 7) is 3.16. The van der Waals surface area contributed by atoms with E-state index in [1.807, 2.05) is 0 Å². The van der Waals surface area contributed by atoms with Gasteiger partial charge in [0.1, 0.15) is 0 Å². The molecular weight excluding hydrogens is 414 g/mol. The molecule has 2 aliphatic heterocycles. The number of esters is 1. The molecule has 4 rings (SSSR count). The summed E-state index contributed by atoms with van der Waals surface area (Å²) in [6.07, 6.45) is 0.0503. The molecule has 0 radical (unpaired) electrons. The minimum atomic E-state index is -4.31. The number of sulfonamides is 1. The largest absolute Gasteiger partial charge is 0.464 e. The Morgan fingerprint density at radius 2 is 1.97 bits per heavy atom. The van der Waals surface area contributed by atoms with Crippen molar-refractivity contribution in [3.63, 3.8) is 0 Å². The second-order valence-electron chi connectivity index (χ2n) is 7.12. The van der Waals surface area contributed by atoms with Gasteiger partial charge in [-0.2, -0.15) is 0 Å². The van der Waals surface area contributed by atoms with Crippen LogP contribution in [0.25, 0.3) is 0 Å². The zero-order chi connectivity index (χ0) is 21.0. The quantitative estimate of drug-likeness (QED) is 0.543. The third kappa shape index (κ3) is 2.53. The topological polar surface area (TPSA) is 97.8 Å². The van der Waals surface area contributed by atoms with E-state index in [0.29, 0.717) is 9.18 Å². The third-order valence-corrected chi connectivity index (χ3v) is 8.26. The van der Waals surface area contributed by atoms with Crippen LogP contribution in [-0.2, 0) is 29.9 Å². The number of carbonyl (C=O) groups excluding carboxylic acids is 3. The summed E-state index contributed by atoms with van der Waals surface area (Å²) in [5.74, 6) is -3.79. The van der Waals surface area contributed by atoms with Gasteiger partial charge in [0.25, 0.3) is 10.0 Å². The molecule has 0 aliphatic carbocycles. The molecule has 2 aliphatic rings. The number of rotatable bonds is 4. The predicted octanol–water partition coefficient (Wildman–Crippen LogP) is 2.58. The van der Waals surface area contributed by atoms with Crippen molar-refractivity contribution in [1.82, 2.24) is 4.31 Å². The number of ketones is 1. The summed E-state index contributed by atoms with van der Waals surface area (Å²) < 4.78 is 32.6. The molecule has 1 saturated heterocycles. The van der Waals surface area contributed by atoms with Crippen molar-refractivity contribution < 1.29 is 27.5 Å². The standard InChI is InChI=1S/C20H19NO6S2/c1-3-27-19(24)20-13-7-4-5-9-16(13)29(25,26)21(20)18(23)12(2)11-14(20)17(22)15-8-6-10-28-15/h4-10,12,14H,3,11H2,1-2H3/t12-,14-,20-/m1/s1. The van der Waals surface area contributed by atoms with Crippen LogP contribution in [-0.4, -0.2) is 37.0 Å². The summed E-state index contributed by atoms with van der Waals surface area (Å²) in [7, 11) is -4.31. The minimum absolute atomic E-state index is 0.0136. The van der Waals surface area contributed by atoms with Crippen LogP contribution in [0.2, 0.25) is 0 Å². The maximum absolute atomic E-state index is 13.5. The Bertz CT molecular complexity index is 1110. The van der Waals surface area contributed by atoms with Gasteiger partial charge in [0.2, 0.25) is 5.91 Å². The molecule has 1 fully saturated rings. The molecule has 1 aromatic heterocycles. The normalized spacial score (nSPS) is 27.2. The van der Waals surface area contributed by atoms with Crippen molar-refractivity contribution in [1.29, 1.82) is 0 Å². The van der Waals surface area contributed by atoms with Crippen LogP contribution in [0.3, 0.4) is 0 Å². The summed E-state index contributed by atoms with van der Waals surface area (Å²) in [5.41, 5.74) is -1.91. The van der Waals surface area contributed by atoms with Crippen molar-refractivity contribution >= 4 is 39.0 Å². The van der Waals surface area contributed by atoms with E-state index in [1.165, 1.54) is 29.5 Å². The summed E-state index contributed by atoms with van der Waals surface area (Å²) >= 11 is 1.21. The monoisotopic (exact) mass is 433 g/mol. The van der Waals surface area contributed by atoms with E-state index >= 15 is 0 Å². The average molecular weight is 434 g/mol. The maximum Gasteiger partial charge on any atom is 0.338 e. The van der Waals surface area contributed by atoms with Crippen molar-refractivity contribution in [2.24, 2.45) is 11.8 Å². The molecule has 0 saturated carbocycles. The van der Waals surface area contributed by atoms with Gasteiger partial charge in [-0.3, -0.25) is 9.59 Å². The van der Waals surface area contributed by atoms with Gasteiger partial charge in [0, 0.05) is 11.5 Å². The second kappa shape index (κ2) is 6.77. The lowest BCUT2D eigenvalue weighted by Gasteiger charge is -2.45. The molecule has 0 spiro atoms. The SMILES string of the molecule is CCOC(=O)[C@]12c3ccccc3S(=O)(=O)N1C(=O)[C@H](C)C[C@@H]2C(=O)c1cccs1. The number of amides is 1. The van der Waals surface area contributed by atoms with Crippen LogP contribution < -0.4 is 0 Å². The Morgan fingerprint density at radius 3 is 2.62 bits per heavy atom. The molecule has 2 aromatic rings. The highest BCUT2D eigenvalue weighted by Crippen LogP contribution is 2.55. The Kier molecular flexibility index (Phi) is 4.62. The van der Waals surface area contributed by atoms with Gasteiger partial charge in [-0.15, -0.1) is 11.3 Å². The Labute approximate surface area is 172 Å². The molecule has 9 heteroatoms. The molecule has 152 valence electrons. The van der Waals surface area contributed by atoms with Crippen LogP contribution >= 0.6 is 11.3 Å². The van der Waals surface area contributed by atoms with E-state index < -0.39 is 39.3 Å². The molecule has 1 aromatic carbocycles. The van der Waals surface area contributed by atoms with E-state index in [1.54, 1.807) is 37.4 Å². The molecule has 1 amide bonds. The molecule has 3 heterocycles. The fourth-order valence-electron chi connectivity index (χ4n) is 4.31. The average Bonchev–Trinajstić information content (AvgIpc) is 3.29. The molecule has 29 heavy (non-hydrogen) atoms. The first-order valence-corrected chi connectivity index (χ1v) is 11.5. The van der Waals surface area contributed by atoms with Crippen LogP contribution in [0.15, 0.2) is 46.7 Å². The number of hydrogen-bond donors (Lipinski definition) is 0. The molecular formula is C20H19NO6S2. The number of piperidine rings is 1. The van der Waals surface area contributed by atoms with Crippen molar-refractivity contribution in [3.8, 4) is 0 Å². The number of thiophene rings is 1. The van der Waals surface area contributed by atoms with Crippen LogP contribution in [0.1, 0.15) is 35.5 Å². The lowest BCUT2D eigenvalue weighted by Crippen LogP contribution is -2.63. The Morgan fingerprint density at radius 1 is 1.24 bits per heavy atom.